The van der Waals surface area contributed by atoms with Crippen molar-refractivity contribution in [1.82, 2.24) is 25.1 Å². The summed E-state index contributed by atoms with van der Waals surface area (Å²) in [6.45, 7) is 6.71. The molecule has 1 atom stereocenters. The Hall–Kier alpha value is -2.32. The Morgan fingerprint density at radius 1 is 1.32 bits per heavy atom. The summed E-state index contributed by atoms with van der Waals surface area (Å²) in [5, 5.41) is 5.81. The molecule has 0 bridgehead atoms. The van der Waals surface area contributed by atoms with Gasteiger partial charge in [-0.2, -0.15) is 0 Å². The second kappa shape index (κ2) is 8.68. The number of amides is 2. The van der Waals surface area contributed by atoms with E-state index in [0.717, 1.165) is 24.6 Å². The largest absolute Gasteiger partial charge is 0.465 e. The Bertz CT molecular complexity index is 649. The van der Waals surface area contributed by atoms with Crippen molar-refractivity contribution in [3.8, 4) is 0 Å². The van der Waals surface area contributed by atoms with Gasteiger partial charge in [0, 0.05) is 45.1 Å². The lowest BCUT2D eigenvalue weighted by Crippen LogP contribution is -2.46. The Kier molecular flexibility index (Phi) is 6.08. The molecule has 1 fully saturated rings. The monoisotopic (exact) mass is 347 g/mol. The Labute approximate surface area is 147 Å². The van der Waals surface area contributed by atoms with Gasteiger partial charge in [0.05, 0.1) is 25.6 Å². The van der Waals surface area contributed by atoms with Gasteiger partial charge in [-0.25, -0.2) is 9.78 Å². The van der Waals surface area contributed by atoms with Crippen molar-refractivity contribution in [1.29, 1.82) is 0 Å². The molecule has 3 heterocycles. The minimum atomic E-state index is -0.179. The van der Waals surface area contributed by atoms with Gasteiger partial charge in [0.15, 0.2) is 0 Å². The van der Waals surface area contributed by atoms with Gasteiger partial charge in [0.1, 0.15) is 11.5 Å². The van der Waals surface area contributed by atoms with E-state index in [1.807, 2.05) is 29.8 Å². The van der Waals surface area contributed by atoms with Crippen LogP contribution in [0, 0.1) is 6.92 Å². The molecule has 136 valence electrons. The number of morpholine rings is 1. The molecule has 2 N–H and O–H groups in total. The van der Waals surface area contributed by atoms with Gasteiger partial charge in [-0.05, 0) is 19.1 Å². The number of aryl methyl sites for hydroxylation is 1. The molecule has 2 aromatic rings. The van der Waals surface area contributed by atoms with E-state index in [1.165, 1.54) is 0 Å². The molecule has 1 aliphatic heterocycles. The predicted octanol–water partition coefficient (Wildman–Crippen LogP) is 1.16. The van der Waals surface area contributed by atoms with E-state index in [-0.39, 0.29) is 12.1 Å². The summed E-state index contributed by atoms with van der Waals surface area (Å²) in [5.74, 6) is 1.75. The topological polar surface area (TPSA) is 84.6 Å². The van der Waals surface area contributed by atoms with E-state index in [0.29, 0.717) is 32.8 Å². The van der Waals surface area contributed by atoms with Crippen LogP contribution in [0.4, 0.5) is 4.79 Å². The molecule has 25 heavy (non-hydrogen) atoms. The van der Waals surface area contributed by atoms with Crippen molar-refractivity contribution in [3.05, 3.63) is 42.4 Å². The third-order valence-corrected chi connectivity index (χ3v) is 4.25. The van der Waals surface area contributed by atoms with E-state index in [1.54, 1.807) is 12.5 Å². The first kappa shape index (κ1) is 17.5. The van der Waals surface area contributed by atoms with Gasteiger partial charge in [-0.3, -0.25) is 4.90 Å². The highest BCUT2D eigenvalue weighted by molar-refractivity contribution is 5.73. The molecule has 0 aliphatic carbocycles. The highest BCUT2D eigenvalue weighted by Crippen LogP contribution is 2.23. The first-order valence-electron chi connectivity index (χ1n) is 8.58. The fourth-order valence-electron chi connectivity index (χ4n) is 2.90. The van der Waals surface area contributed by atoms with Gasteiger partial charge >= 0.3 is 6.03 Å². The lowest BCUT2D eigenvalue weighted by atomic mass is 10.1. The number of carbonyl (C=O) groups excluding carboxylic acids is 1. The Morgan fingerprint density at radius 2 is 2.16 bits per heavy atom. The molecule has 0 aromatic carbocycles. The lowest BCUT2D eigenvalue weighted by Gasteiger charge is -2.33. The molecule has 2 aromatic heterocycles. The minimum Gasteiger partial charge on any atom is -0.465 e. The fourth-order valence-corrected chi connectivity index (χ4v) is 2.90. The van der Waals surface area contributed by atoms with Crippen LogP contribution >= 0.6 is 0 Å². The SMILES string of the molecule is Cc1ccc([C@H](CNC(=O)NCCn2ccnc2)N2CCOCC2)o1. The van der Waals surface area contributed by atoms with Crippen molar-refractivity contribution in [2.24, 2.45) is 0 Å². The number of nitrogens with one attached hydrogen (secondary N) is 2. The number of urea groups is 1. The second-order valence-electron chi connectivity index (χ2n) is 6.05. The first-order valence-corrected chi connectivity index (χ1v) is 8.58. The van der Waals surface area contributed by atoms with Crippen LogP contribution in [0.15, 0.2) is 35.3 Å². The van der Waals surface area contributed by atoms with Crippen LogP contribution in [0.25, 0.3) is 0 Å². The molecule has 0 unspecified atom stereocenters. The summed E-state index contributed by atoms with van der Waals surface area (Å²) in [7, 11) is 0. The average Bonchev–Trinajstić information content (AvgIpc) is 3.28. The summed E-state index contributed by atoms with van der Waals surface area (Å²) in [6, 6.07) is 3.76. The number of aromatic nitrogens is 2. The van der Waals surface area contributed by atoms with Gasteiger partial charge in [-0.15, -0.1) is 0 Å². The molecule has 1 aliphatic rings. The van der Waals surface area contributed by atoms with E-state index in [4.69, 9.17) is 9.15 Å². The van der Waals surface area contributed by atoms with E-state index < -0.39 is 0 Å². The van der Waals surface area contributed by atoms with Crippen LogP contribution in [-0.2, 0) is 11.3 Å². The molecular weight excluding hydrogens is 322 g/mol. The predicted molar refractivity (Wildman–Crippen MR) is 92.2 cm³/mol. The van der Waals surface area contributed by atoms with Gasteiger partial charge in [0.2, 0.25) is 0 Å². The molecule has 8 nitrogen and oxygen atoms in total. The van der Waals surface area contributed by atoms with Crippen LogP contribution in [0.5, 0.6) is 0 Å². The molecule has 1 saturated heterocycles. The summed E-state index contributed by atoms with van der Waals surface area (Å²) < 4.78 is 13.1. The zero-order chi connectivity index (χ0) is 17.5. The van der Waals surface area contributed by atoms with E-state index >= 15 is 0 Å². The summed E-state index contributed by atoms with van der Waals surface area (Å²) >= 11 is 0. The fraction of sp³-hybridized carbons (Fsp3) is 0.529. The number of nitrogens with zero attached hydrogens (tertiary/aromatic N) is 3. The molecule has 0 saturated carbocycles. The molecular formula is C17H25N5O3. The molecule has 0 spiro atoms. The van der Waals surface area contributed by atoms with Crippen LogP contribution in [0.1, 0.15) is 17.6 Å². The standard InChI is InChI=1S/C17H25N5O3/c1-14-2-3-16(25-14)15(22-8-10-24-11-9-22)12-20-17(23)19-5-7-21-6-4-18-13-21/h2-4,6,13,15H,5,7-12H2,1H3,(H2,19,20,23)/t15-/m0/s1. The number of furan rings is 1. The molecule has 0 radical (unpaired) electrons. The zero-order valence-corrected chi connectivity index (χ0v) is 14.5. The van der Waals surface area contributed by atoms with Gasteiger partial charge in [-0.1, -0.05) is 0 Å². The Morgan fingerprint density at radius 3 is 2.84 bits per heavy atom. The lowest BCUT2D eigenvalue weighted by molar-refractivity contribution is 0.0121. The maximum Gasteiger partial charge on any atom is 0.314 e. The number of carbonyl (C=O) groups is 1. The number of hydrogen-bond acceptors (Lipinski definition) is 5. The third kappa shape index (κ3) is 5.07. The van der Waals surface area contributed by atoms with Gasteiger partial charge in [0.25, 0.3) is 0 Å². The van der Waals surface area contributed by atoms with Crippen LogP contribution in [0.3, 0.4) is 0 Å². The maximum atomic E-state index is 12.1. The third-order valence-electron chi connectivity index (χ3n) is 4.25. The number of imidazole rings is 1. The molecule has 3 rings (SSSR count). The van der Waals surface area contributed by atoms with Crippen LogP contribution < -0.4 is 10.6 Å². The van der Waals surface area contributed by atoms with Crippen molar-refractivity contribution in [2.75, 3.05) is 39.4 Å². The molecule has 8 heteroatoms. The smallest absolute Gasteiger partial charge is 0.314 e. The highest BCUT2D eigenvalue weighted by atomic mass is 16.5. The minimum absolute atomic E-state index is 0.0111. The van der Waals surface area contributed by atoms with Gasteiger partial charge < -0.3 is 24.4 Å². The normalized spacial score (nSPS) is 16.5. The van der Waals surface area contributed by atoms with E-state index in [2.05, 4.69) is 20.5 Å². The zero-order valence-electron chi connectivity index (χ0n) is 14.5. The number of ether oxygens (including phenoxy) is 1. The Balaban J connectivity index is 1.50. The van der Waals surface area contributed by atoms with Crippen molar-refractivity contribution < 1.29 is 13.9 Å². The van der Waals surface area contributed by atoms with Crippen molar-refractivity contribution in [3.63, 3.8) is 0 Å². The first-order chi connectivity index (χ1) is 12.2. The van der Waals surface area contributed by atoms with Crippen molar-refractivity contribution >= 4 is 6.03 Å². The second-order valence-corrected chi connectivity index (χ2v) is 6.05. The molecule has 2 amide bonds. The number of rotatable bonds is 7. The van der Waals surface area contributed by atoms with E-state index in [9.17, 15) is 4.79 Å². The highest BCUT2D eigenvalue weighted by Gasteiger charge is 2.25. The van der Waals surface area contributed by atoms with Crippen molar-refractivity contribution in [2.45, 2.75) is 19.5 Å². The van der Waals surface area contributed by atoms with Crippen LogP contribution in [-0.4, -0.2) is 59.9 Å². The summed E-state index contributed by atoms with van der Waals surface area (Å²) in [4.78, 5) is 18.3. The average molecular weight is 347 g/mol. The maximum absolute atomic E-state index is 12.1. The number of hydrogen-bond donors (Lipinski definition) is 2. The quantitative estimate of drug-likeness (QED) is 0.785. The summed E-state index contributed by atoms with van der Waals surface area (Å²) in [6.07, 6.45) is 5.32. The summed E-state index contributed by atoms with van der Waals surface area (Å²) in [5.41, 5.74) is 0. The van der Waals surface area contributed by atoms with Crippen LogP contribution in [0.2, 0.25) is 0 Å².